The van der Waals surface area contributed by atoms with Crippen LogP contribution in [0.5, 0.6) is 0 Å². The Bertz CT molecular complexity index is 474. The molecule has 7 nitrogen and oxygen atoms in total. The largest absolute Gasteiger partial charge is 0.480 e. The van der Waals surface area contributed by atoms with Gasteiger partial charge in [-0.3, -0.25) is 14.6 Å². The van der Waals surface area contributed by atoms with Gasteiger partial charge in [-0.15, -0.1) is 0 Å². The summed E-state index contributed by atoms with van der Waals surface area (Å²) in [5, 5.41) is 9.06. The molecule has 1 heterocycles. The van der Waals surface area contributed by atoms with Gasteiger partial charge < -0.3 is 16.6 Å². The first kappa shape index (κ1) is 13.8. The first-order valence-corrected chi connectivity index (χ1v) is 5.13. The Hall–Kier alpha value is -2.28. The highest BCUT2D eigenvalue weighted by Crippen LogP contribution is 2.17. The van der Waals surface area contributed by atoms with Crippen LogP contribution in [0.25, 0.3) is 0 Å². The summed E-state index contributed by atoms with van der Waals surface area (Å²) in [4.78, 5) is 37.5. The van der Waals surface area contributed by atoms with Crippen molar-refractivity contribution in [3.05, 3.63) is 30.1 Å². The Kier molecular flexibility index (Phi) is 4.11. The number of ketones is 1. The molecule has 0 radical (unpaired) electrons. The fourth-order valence-corrected chi connectivity index (χ4v) is 1.39. The molecule has 0 aliphatic carbocycles. The predicted octanol–water partition coefficient (Wildman–Crippen LogP) is -0.688. The van der Waals surface area contributed by atoms with Gasteiger partial charge in [0.2, 0.25) is 5.91 Å². The van der Waals surface area contributed by atoms with Crippen molar-refractivity contribution >= 4 is 17.7 Å². The Morgan fingerprint density at radius 3 is 2.50 bits per heavy atom. The topological polar surface area (TPSA) is 136 Å². The molecule has 5 N–H and O–H groups in total. The van der Waals surface area contributed by atoms with Crippen LogP contribution in [-0.4, -0.2) is 33.3 Å². The van der Waals surface area contributed by atoms with Gasteiger partial charge in [0, 0.05) is 24.4 Å². The summed E-state index contributed by atoms with van der Waals surface area (Å²) in [5.41, 5.74) is 8.41. The maximum absolute atomic E-state index is 12.0. The molecule has 1 atom stereocenters. The SMILES string of the molecule is NC(=O)CC[C@](N)(C(=O)O)C(=O)c1cccnc1. The number of carboxylic acid groups (broad SMARTS) is 1. The van der Waals surface area contributed by atoms with Crippen LogP contribution in [0.2, 0.25) is 0 Å². The number of pyridine rings is 1. The normalized spacial score (nSPS) is 13.6. The smallest absolute Gasteiger partial charge is 0.331 e. The van der Waals surface area contributed by atoms with E-state index in [1.807, 2.05) is 0 Å². The van der Waals surface area contributed by atoms with Gasteiger partial charge in [0.15, 0.2) is 11.3 Å². The molecule has 0 spiro atoms. The minimum absolute atomic E-state index is 0.0758. The number of hydrogen-bond acceptors (Lipinski definition) is 5. The van der Waals surface area contributed by atoms with E-state index in [-0.39, 0.29) is 18.4 Å². The van der Waals surface area contributed by atoms with Crippen LogP contribution in [0.4, 0.5) is 0 Å². The lowest BCUT2D eigenvalue weighted by molar-refractivity contribution is -0.141. The quantitative estimate of drug-likeness (QED) is 0.452. The fraction of sp³-hybridized carbons (Fsp3) is 0.273. The number of nitrogens with zero attached hydrogens (tertiary/aromatic N) is 1. The molecule has 0 saturated carbocycles. The summed E-state index contributed by atoms with van der Waals surface area (Å²) in [6, 6.07) is 2.90. The number of hydrogen-bond donors (Lipinski definition) is 3. The lowest BCUT2D eigenvalue weighted by Gasteiger charge is -2.22. The highest BCUT2D eigenvalue weighted by atomic mass is 16.4. The van der Waals surface area contributed by atoms with E-state index < -0.39 is 23.2 Å². The third-order valence-corrected chi connectivity index (χ3v) is 2.48. The molecule has 18 heavy (non-hydrogen) atoms. The number of primary amides is 1. The van der Waals surface area contributed by atoms with E-state index in [4.69, 9.17) is 16.6 Å². The monoisotopic (exact) mass is 251 g/mol. The van der Waals surface area contributed by atoms with E-state index in [0.29, 0.717) is 0 Å². The second kappa shape index (κ2) is 5.37. The van der Waals surface area contributed by atoms with Crippen LogP contribution in [0.15, 0.2) is 24.5 Å². The van der Waals surface area contributed by atoms with Crippen molar-refractivity contribution in [1.82, 2.24) is 4.98 Å². The number of aromatic nitrogens is 1. The molecular weight excluding hydrogens is 238 g/mol. The molecule has 0 aliphatic rings. The lowest BCUT2D eigenvalue weighted by Crippen LogP contribution is -2.55. The summed E-state index contributed by atoms with van der Waals surface area (Å²) >= 11 is 0. The summed E-state index contributed by atoms with van der Waals surface area (Å²) in [6.07, 6.45) is 2.02. The highest BCUT2D eigenvalue weighted by molar-refractivity contribution is 6.15. The number of carboxylic acids is 1. The van der Waals surface area contributed by atoms with E-state index >= 15 is 0 Å². The van der Waals surface area contributed by atoms with E-state index in [9.17, 15) is 14.4 Å². The number of Topliss-reactive ketones (excluding diaryl/α,β-unsaturated/α-hetero) is 1. The standard InChI is InChI=1S/C11H13N3O4/c12-8(15)3-4-11(13,10(17)18)9(16)7-2-1-5-14-6-7/h1-2,5-6H,3-4,13H2,(H2,12,15)(H,17,18)/t11-/m1/s1. The molecule has 1 amide bonds. The van der Waals surface area contributed by atoms with Gasteiger partial charge in [-0.2, -0.15) is 0 Å². The van der Waals surface area contributed by atoms with Crippen LogP contribution in [0.1, 0.15) is 23.2 Å². The minimum atomic E-state index is -2.17. The summed E-state index contributed by atoms with van der Waals surface area (Å²) in [6.45, 7) is 0. The number of rotatable bonds is 6. The zero-order valence-electron chi connectivity index (χ0n) is 9.50. The first-order valence-electron chi connectivity index (χ1n) is 5.13. The third kappa shape index (κ3) is 2.89. The van der Waals surface area contributed by atoms with Crippen LogP contribution >= 0.6 is 0 Å². The Balaban J connectivity index is 3.01. The number of carbonyl (C=O) groups excluding carboxylic acids is 2. The zero-order chi connectivity index (χ0) is 13.8. The summed E-state index contributed by atoms with van der Waals surface area (Å²) in [5.74, 6) is -3.02. The first-order chi connectivity index (χ1) is 8.38. The Labute approximate surface area is 103 Å². The molecule has 0 bridgehead atoms. The number of carbonyl (C=O) groups is 3. The van der Waals surface area contributed by atoms with Crippen molar-refractivity contribution in [1.29, 1.82) is 0 Å². The average Bonchev–Trinajstić information content (AvgIpc) is 2.35. The molecule has 1 rings (SSSR count). The van der Waals surface area contributed by atoms with Crippen LogP contribution in [0, 0.1) is 0 Å². The molecule has 96 valence electrons. The average molecular weight is 251 g/mol. The maximum atomic E-state index is 12.0. The molecule has 1 aromatic heterocycles. The molecule has 0 aromatic carbocycles. The number of aliphatic carboxylic acids is 1. The molecule has 0 saturated heterocycles. The zero-order valence-corrected chi connectivity index (χ0v) is 9.50. The van der Waals surface area contributed by atoms with Gasteiger partial charge in [-0.05, 0) is 18.6 Å². The van der Waals surface area contributed by atoms with E-state index in [2.05, 4.69) is 4.98 Å². The molecular formula is C11H13N3O4. The lowest BCUT2D eigenvalue weighted by atomic mass is 9.86. The third-order valence-electron chi connectivity index (χ3n) is 2.48. The Morgan fingerprint density at radius 2 is 2.06 bits per heavy atom. The highest BCUT2D eigenvalue weighted by Gasteiger charge is 2.42. The molecule has 0 aliphatic heterocycles. The van der Waals surface area contributed by atoms with Gasteiger partial charge in [-0.25, -0.2) is 4.79 Å². The summed E-state index contributed by atoms with van der Waals surface area (Å²) in [7, 11) is 0. The van der Waals surface area contributed by atoms with Crippen molar-refractivity contribution in [2.75, 3.05) is 0 Å². The van der Waals surface area contributed by atoms with Crippen molar-refractivity contribution in [3.8, 4) is 0 Å². The van der Waals surface area contributed by atoms with E-state index in [1.54, 1.807) is 0 Å². The van der Waals surface area contributed by atoms with Crippen molar-refractivity contribution in [3.63, 3.8) is 0 Å². The van der Waals surface area contributed by atoms with Crippen molar-refractivity contribution < 1.29 is 19.5 Å². The van der Waals surface area contributed by atoms with Crippen molar-refractivity contribution in [2.45, 2.75) is 18.4 Å². The molecule has 0 fully saturated rings. The van der Waals surface area contributed by atoms with Gasteiger partial charge in [0.05, 0.1) is 0 Å². The van der Waals surface area contributed by atoms with E-state index in [0.717, 1.165) is 0 Å². The fourth-order valence-electron chi connectivity index (χ4n) is 1.39. The van der Waals surface area contributed by atoms with Crippen LogP contribution < -0.4 is 11.5 Å². The Morgan fingerprint density at radius 1 is 1.39 bits per heavy atom. The van der Waals surface area contributed by atoms with Gasteiger partial charge >= 0.3 is 5.97 Å². The van der Waals surface area contributed by atoms with Crippen LogP contribution in [-0.2, 0) is 9.59 Å². The summed E-state index contributed by atoms with van der Waals surface area (Å²) < 4.78 is 0. The molecule has 7 heteroatoms. The van der Waals surface area contributed by atoms with Gasteiger partial charge in [0.1, 0.15) is 0 Å². The molecule has 0 unspecified atom stereocenters. The molecule has 1 aromatic rings. The second-order valence-electron chi connectivity index (χ2n) is 3.81. The maximum Gasteiger partial charge on any atom is 0.331 e. The van der Waals surface area contributed by atoms with Gasteiger partial charge in [0.25, 0.3) is 0 Å². The number of amides is 1. The van der Waals surface area contributed by atoms with Gasteiger partial charge in [-0.1, -0.05) is 0 Å². The number of nitrogens with two attached hydrogens (primary N) is 2. The van der Waals surface area contributed by atoms with E-state index in [1.165, 1.54) is 24.5 Å². The minimum Gasteiger partial charge on any atom is -0.480 e. The van der Waals surface area contributed by atoms with Crippen LogP contribution in [0.3, 0.4) is 0 Å². The second-order valence-corrected chi connectivity index (χ2v) is 3.81. The predicted molar refractivity (Wildman–Crippen MR) is 61.6 cm³/mol. The van der Waals surface area contributed by atoms with Crippen molar-refractivity contribution in [2.24, 2.45) is 11.5 Å².